The van der Waals surface area contributed by atoms with Gasteiger partial charge in [-0.2, -0.15) is 0 Å². The fourth-order valence-corrected chi connectivity index (χ4v) is 2.92. The lowest BCUT2D eigenvalue weighted by atomic mass is 9.94. The van der Waals surface area contributed by atoms with E-state index in [1.165, 1.54) is 0 Å². The van der Waals surface area contributed by atoms with E-state index >= 15 is 0 Å². The maximum absolute atomic E-state index is 12.2. The molecule has 0 saturated carbocycles. The van der Waals surface area contributed by atoms with Crippen LogP contribution in [0.1, 0.15) is 45.3 Å². The number of nitrogens with zero attached hydrogens (tertiary/aromatic N) is 3. The Bertz CT molecular complexity index is 706. The van der Waals surface area contributed by atoms with Gasteiger partial charge < -0.3 is 14.6 Å². The molecule has 25 heavy (non-hydrogen) atoms. The summed E-state index contributed by atoms with van der Waals surface area (Å²) in [5, 5.41) is 3.11. The van der Waals surface area contributed by atoms with E-state index in [1.807, 2.05) is 18.2 Å². The second kappa shape index (κ2) is 7.25. The van der Waals surface area contributed by atoms with Gasteiger partial charge in [-0.1, -0.05) is 26.8 Å². The van der Waals surface area contributed by atoms with E-state index in [9.17, 15) is 4.79 Å². The predicted octanol–water partition coefficient (Wildman–Crippen LogP) is 2.69. The molecule has 1 atom stereocenters. The van der Waals surface area contributed by atoms with E-state index in [0.717, 1.165) is 31.1 Å². The number of oxazole rings is 1. The Balaban J connectivity index is 1.45. The van der Waals surface area contributed by atoms with Gasteiger partial charge in [-0.15, -0.1) is 0 Å². The highest BCUT2D eigenvalue weighted by Gasteiger charge is 2.25. The minimum atomic E-state index is -0.0632. The van der Waals surface area contributed by atoms with Crippen LogP contribution in [0.4, 0.5) is 5.82 Å². The fourth-order valence-electron chi connectivity index (χ4n) is 2.92. The molecule has 1 fully saturated rings. The number of aryl methyl sites for hydroxylation is 1. The summed E-state index contributed by atoms with van der Waals surface area (Å²) in [7, 11) is 0. The van der Waals surface area contributed by atoms with Crippen LogP contribution in [0.5, 0.6) is 0 Å². The standard InChI is InChI=1S/C19H26N4O2/c1-19(2,3)15-12-21-18(25-15)8-7-17(24)22-14-9-11-23(13-14)16-6-4-5-10-20-16/h4-6,10,12,14H,7-9,11,13H2,1-3H3,(H,22,24)/t14-/m1/s1. The van der Waals surface area contributed by atoms with Crippen LogP contribution >= 0.6 is 0 Å². The van der Waals surface area contributed by atoms with Gasteiger partial charge >= 0.3 is 0 Å². The molecule has 6 nitrogen and oxygen atoms in total. The van der Waals surface area contributed by atoms with Crippen LogP contribution in [-0.4, -0.2) is 35.0 Å². The Morgan fingerprint density at radius 2 is 2.20 bits per heavy atom. The van der Waals surface area contributed by atoms with E-state index in [2.05, 4.69) is 41.0 Å². The topological polar surface area (TPSA) is 71.3 Å². The average molecular weight is 342 g/mol. The molecular formula is C19H26N4O2. The molecule has 2 aromatic rings. The molecule has 0 bridgehead atoms. The van der Waals surface area contributed by atoms with E-state index in [0.29, 0.717) is 18.7 Å². The normalized spacial score (nSPS) is 17.7. The van der Waals surface area contributed by atoms with Crippen LogP contribution in [-0.2, 0) is 16.6 Å². The number of hydrogen-bond acceptors (Lipinski definition) is 5. The molecule has 6 heteroatoms. The summed E-state index contributed by atoms with van der Waals surface area (Å²) in [5.41, 5.74) is -0.0632. The lowest BCUT2D eigenvalue weighted by Crippen LogP contribution is -2.37. The van der Waals surface area contributed by atoms with Gasteiger partial charge in [0.15, 0.2) is 5.89 Å². The molecule has 134 valence electrons. The van der Waals surface area contributed by atoms with E-state index < -0.39 is 0 Å². The lowest BCUT2D eigenvalue weighted by Gasteiger charge is -2.17. The third-order valence-corrected chi connectivity index (χ3v) is 4.39. The smallest absolute Gasteiger partial charge is 0.220 e. The summed E-state index contributed by atoms with van der Waals surface area (Å²) >= 11 is 0. The number of carbonyl (C=O) groups excluding carboxylic acids is 1. The predicted molar refractivity (Wildman–Crippen MR) is 96.5 cm³/mol. The molecule has 1 aliphatic heterocycles. The van der Waals surface area contributed by atoms with Crippen molar-refractivity contribution in [2.24, 2.45) is 0 Å². The van der Waals surface area contributed by atoms with Crippen LogP contribution in [0, 0.1) is 0 Å². The highest BCUT2D eigenvalue weighted by molar-refractivity contribution is 5.76. The number of aromatic nitrogens is 2. The Kier molecular flexibility index (Phi) is 5.06. The zero-order chi connectivity index (χ0) is 17.9. The number of hydrogen-bond donors (Lipinski definition) is 1. The molecule has 0 unspecified atom stereocenters. The Morgan fingerprint density at radius 3 is 2.88 bits per heavy atom. The van der Waals surface area contributed by atoms with Gasteiger partial charge in [0.1, 0.15) is 11.6 Å². The van der Waals surface area contributed by atoms with E-state index in [1.54, 1.807) is 12.4 Å². The van der Waals surface area contributed by atoms with Crippen LogP contribution < -0.4 is 10.2 Å². The molecule has 0 spiro atoms. The summed E-state index contributed by atoms with van der Waals surface area (Å²) in [6, 6.07) is 6.06. The molecule has 0 aliphatic carbocycles. The second-order valence-electron chi connectivity index (χ2n) is 7.56. The number of amides is 1. The maximum atomic E-state index is 12.2. The van der Waals surface area contributed by atoms with Crippen molar-refractivity contribution in [3.63, 3.8) is 0 Å². The van der Waals surface area contributed by atoms with Gasteiger partial charge in [0, 0.05) is 43.6 Å². The van der Waals surface area contributed by atoms with Crippen LogP contribution in [0.2, 0.25) is 0 Å². The van der Waals surface area contributed by atoms with Gasteiger partial charge in [-0.05, 0) is 18.6 Å². The number of nitrogens with one attached hydrogen (secondary N) is 1. The second-order valence-corrected chi connectivity index (χ2v) is 7.56. The van der Waals surface area contributed by atoms with E-state index in [4.69, 9.17) is 4.42 Å². The molecule has 1 saturated heterocycles. The number of rotatable bonds is 5. The summed E-state index contributed by atoms with van der Waals surface area (Å²) in [6.07, 6.45) is 5.41. The largest absolute Gasteiger partial charge is 0.445 e. The van der Waals surface area contributed by atoms with Gasteiger partial charge in [0.05, 0.1) is 6.20 Å². The maximum Gasteiger partial charge on any atom is 0.220 e. The first kappa shape index (κ1) is 17.5. The van der Waals surface area contributed by atoms with Crippen molar-refractivity contribution in [2.45, 2.75) is 51.5 Å². The summed E-state index contributed by atoms with van der Waals surface area (Å²) in [6.45, 7) is 7.96. The number of carbonyl (C=O) groups is 1. The molecular weight excluding hydrogens is 316 g/mol. The SMILES string of the molecule is CC(C)(C)c1cnc(CCC(=O)N[C@@H]2CCN(c3ccccn3)C2)o1. The quantitative estimate of drug-likeness (QED) is 0.904. The molecule has 1 amide bonds. The highest BCUT2D eigenvalue weighted by Crippen LogP contribution is 2.23. The summed E-state index contributed by atoms with van der Waals surface area (Å²) in [4.78, 5) is 23.0. The van der Waals surface area contributed by atoms with Gasteiger partial charge in [-0.3, -0.25) is 4.79 Å². The Hall–Kier alpha value is -2.37. The van der Waals surface area contributed by atoms with Crippen LogP contribution in [0.3, 0.4) is 0 Å². The third kappa shape index (κ3) is 4.59. The van der Waals surface area contributed by atoms with Crippen molar-refractivity contribution in [3.05, 3.63) is 42.2 Å². The fraction of sp³-hybridized carbons (Fsp3) is 0.526. The van der Waals surface area contributed by atoms with Gasteiger partial charge in [0.2, 0.25) is 5.91 Å². The lowest BCUT2D eigenvalue weighted by molar-refractivity contribution is -0.121. The Morgan fingerprint density at radius 1 is 1.36 bits per heavy atom. The summed E-state index contributed by atoms with van der Waals surface area (Å²) in [5.74, 6) is 2.49. The van der Waals surface area contributed by atoms with Gasteiger partial charge in [0.25, 0.3) is 0 Å². The van der Waals surface area contributed by atoms with Crippen LogP contribution in [0.15, 0.2) is 35.0 Å². The van der Waals surface area contributed by atoms with Crippen molar-refractivity contribution in [2.75, 3.05) is 18.0 Å². The van der Waals surface area contributed by atoms with Crippen molar-refractivity contribution in [1.82, 2.24) is 15.3 Å². The number of anilines is 1. The average Bonchev–Trinajstić information content (AvgIpc) is 3.23. The zero-order valence-electron chi connectivity index (χ0n) is 15.2. The molecule has 2 aromatic heterocycles. The minimum Gasteiger partial charge on any atom is -0.445 e. The third-order valence-electron chi connectivity index (χ3n) is 4.39. The monoisotopic (exact) mass is 342 g/mol. The minimum absolute atomic E-state index is 0.0448. The highest BCUT2D eigenvalue weighted by atomic mass is 16.4. The van der Waals surface area contributed by atoms with E-state index in [-0.39, 0.29) is 17.4 Å². The summed E-state index contributed by atoms with van der Waals surface area (Å²) < 4.78 is 5.74. The van der Waals surface area contributed by atoms with Crippen molar-refractivity contribution in [3.8, 4) is 0 Å². The molecule has 1 aliphatic rings. The van der Waals surface area contributed by atoms with Gasteiger partial charge in [-0.25, -0.2) is 9.97 Å². The van der Waals surface area contributed by atoms with Crippen molar-refractivity contribution >= 4 is 11.7 Å². The first-order chi connectivity index (χ1) is 11.9. The number of pyridine rings is 1. The molecule has 0 aromatic carbocycles. The molecule has 3 heterocycles. The molecule has 0 radical (unpaired) electrons. The molecule has 1 N–H and O–H groups in total. The zero-order valence-corrected chi connectivity index (χ0v) is 15.2. The van der Waals surface area contributed by atoms with Crippen LogP contribution in [0.25, 0.3) is 0 Å². The first-order valence-corrected chi connectivity index (χ1v) is 8.82. The van der Waals surface area contributed by atoms with Crippen molar-refractivity contribution in [1.29, 1.82) is 0 Å². The first-order valence-electron chi connectivity index (χ1n) is 8.82. The Labute approximate surface area is 148 Å². The molecule has 3 rings (SSSR count). The van der Waals surface area contributed by atoms with Crippen molar-refractivity contribution < 1.29 is 9.21 Å².